The van der Waals surface area contributed by atoms with Crippen LogP contribution in [0, 0.1) is 5.92 Å². The number of hydrogen-bond acceptors (Lipinski definition) is 4. The van der Waals surface area contributed by atoms with Crippen LogP contribution >= 0.6 is 11.6 Å². The van der Waals surface area contributed by atoms with Gasteiger partial charge in [0.05, 0.1) is 23.4 Å². The Kier molecular flexibility index (Phi) is 6.48. The quantitative estimate of drug-likeness (QED) is 0.467. The van der Waals surface area contributed by atoms with Crippen molar-refractivity contribution in [3.8, 4) is 5.75 Å². The SMILES string of the molecule is C=CCN1CCC(CCC(=O)c2cc(Cl)c(N)cc2OC)CC1. The maximum atomic E-state index is 12.5. The van der Waals surface area contributed by atoms with Crippen LogP contribution in [0.2, 0.25) is 5.02 Å². The van der Waals surface area contributed by atoms with E-state index in [0.29, 0.717) is 34.4 Å². The Morgan fingerprint density at radius 2 is 2.17 bits per heavy atom. The number of benzene rings is 1. The molecule has 0 atom stereocenters. The smallest absolute Gasteiger partial charge is 0.166 e. The molecule has 1 fully saturated rings. The Morgan fingerprint density at radius 1 is 1.48 bits per heavy atom. The van der Waals surface area contributed by atoms with Crippen molar-refractivity contribution in [3.05, 3.63) is 35.4 Å². The van der Waals surface area contributed by atoms with Crippen molar-refractivity contribution in [3.63, 3.8) is 0 Å². The van der Waals surface area contributed by atoms with Gasteiger partial charge in [0.25, 0.3) is 0 Å². The summed E-state index contributed by atoms with van der Waals surface area (Å²) in [6, 6.07) is 3.23. The molecule has 0 amide bonds. The highest BCUT2D eigenvalue weighted by atomic mass is 35.5. The number of nitrogens with two attached hydrogens (primary N) is 1. The molecule has 5 heteroatoms. The van der Waals surface area contributed by atoms with Gasteiger partial charge < -0.3 is 10.5 Å². The minimum absolute atomic E-state index is 0.0669. The number of ether oxygens (including phenoxy) is 1. The molecule has 0 bridgehead atoms. The predicted molar refractivity (Wildman–Crippen MR) is 95.3 cm³/mol. The number of carbonyl (C=O) groups is 1. The maximum Gasteiger partial charge on any atom is 0.166 e. The number of nitrogen functional groups attached to an aromatic ring is 1. The highest BCUT2D eigenvalue weighted by molar-refractivity contribution is 6.33. The van der Waals surface area contributed by atoms with E-state index in [1.54, 1.807) is 12.1 Å². The summed E-state index contributed by atoms with van der Waals surface area (Å²) in [4.78, 5) is 14.9. The number of ketones is 1. The van der Waals surface area contributed by atoms with Gasteiger partial charge in [0.15, 0.2) is 5.78 Å². The molecule has 4 nitrogen and oxygen atoms in total. The lowest BCUT2D eigenvalue weighted by molar-refractivity contribution is 0.0961. The predicted octanol–water partition coefficient (Wildman–Crippen LogP) is 3.79. The van der Waals surface area contributed by atoms with Crippen LogP contribution in [-0.4, -0.2) is 37.4 Å². The zero-order chi connectivity index (χ0) is 16.8. The lowest BCUT2D eigenvalue weighted by atomic mass is 9.90. The van der Waals surface area contributed by atoms with Gasteiger partial charge in [-0.2, -0.15) is 0 Å². The van der Waals surface area contributed by atoms with Crippen LogP contribution in [-0.2, 0) is 0 Å². The van der Waals surface area contributed by atoms with E-state index in [-0.39, 0.29) is 5.78 Å². The van der Waals surface area contributed by atoms with Crippen LogP contribution in [0.1, 0.15) is 36.0 Å². The van der Waals surface area contributed by atoms with Gasteiger partial charge >= 0.3 is 0 Å². The van der Waals surface area contributed by atoms with Crippen LogP contribution in [0.5, 0.6) is 5.75 Å². The first-order chi connectivity index (χ1) is 11.0. The van der Waals surface area contributed by atoms with E-state index >= 15 is 0 Å². The number of Topliss-reactive ketones (excluding diaryl/α,β-unsaturated/α-hetero) is 1. The van der Waals surface area contributed by atoms with E-state index in [2.05, 4.69) is 11.5 Å². The molecule has 23 heavy (non-hydrogen) atoms. The van der Waals surface area contributed by atoms with E-state index in [1.165, 1.54) is 7.11 Å². The summed E-state index contributed by atoms with van der Waals surface area (Å²) < 4.78 is 5.26. The number of rotatable bonds is 7. The zero-order valence-electron chi connectivity index (χ0n) is 13.7. The van der Waals surface area contributed by atoms with E-state index in [9.17, 15) is 4.79 Å². The van der Waals surface area contributed by atoms with Gasteiger partial charge in [-0.15, -0.1) is 6.58 Å². The molecule has 1 heterocycles. The van der Waals surface area contributed by atoms with E-state index in [0.717, 1.165) is 38.9 Å². The molecule has 0 unspecified atom stereocenters. The molecule has 0 saturated carbocycles. The number of carbonyl (C=O) groups excluding carboxylic acids is 1. The van der Waals surface area contributed by atoms with Crippen LogP contribution in [0.4, 0.5) is 5.69 Å². The van der Waals surface area contributed by atoms with Crippen molar-refractivity contribution >= 4 is 23.1 Å². The fourth-order valence-corrected chi connectivity index (χ4v) is 3.23. The molecule has 2 N–H and O–H groups in total. The summed E-state index contributed by atoms with van der Waals surface area (Å²) in [6.07, 6.45) is 5.65. The second-order valence-corrected chi connectivity index (χ2v) is 6.48. The average Bonchev–Trinajstić information content (AvgIpc) is 2.56. The lowest BCUT2D eigenvalue weighted by Crippen LogP contribution is -2.33. The molecular formula is C18H25ClN2O2. The molecule has 0 aliphatic carbocycles. The molecular weight excluding hydrogens is 312 g/mol. The van der Waals surface area contributed by atoms with Crippen molar-refractivity contribution in [2.24, 2.45) is 5.92 Å². The molecule has 1 aliphatic rings. The van der Waals surface area contributed by atoms with Gasteiger partial charge in [0.1, 0.15) is 5.75 Å². The Morgan fingerprint density at radius 3 is 2.78 bits per heavy atom. The third-order valence-corrected chi connectivity index (χ3v) is 4.82. The van der Waals surface area contributed by atoms with Crippen molar-refractivity contribution in [1.82, 2.24) is 4.90 Å². The first-order valence-electron chi connectivity index (χ1n) is 8.04. The molecule has 0 radical (unpaired) electrons. The van der Waals surface area contributed by atoms with Crippen LogP contribution in [0.15, 0.2) is 24.8 Å². The molecule has 126 valence electrons. The molecule has 0 spiro atoms. The number of likely N-dealkylation sites (tertiary alicyclic amines) is 1. The standard InChI is InChI=1S/C18H25ClN2O2/c1-3-8-21-9-6-13(7-10-21)4-5-17(22)14-11-15(19)16(20)12-18(14)23-2/h3,11-13H,1,4-10,20H2,2H3. The summed E-state index contributed by atoms with van der Waals surface area (Å²) >= 11 is 6.04. The van der Waals surface area contributed by atoms with Gasteiger partial charge in [-0.1, -0.05) is 17.7 Å². The van der Waals surface area contributed by atoms with Crippen molar-refractivity contribution in [2.75, 3.05) is 32.5 Å². The highest BCUT2D eigenvalue weighted by Crippen LogP contribution is 2.31. The van der Waals surface area contributed by atoms with Crippen LogP contribution in [0.25, 0.3) is 0 Å². The third-order valence-electron chi connectivity index (χ3n) is 4.49. The fourth-order valence-electron chi connectivity index (χ4n) is 3.07. The second-order valence-electron chi connectivity index (χ2n) is 6.07. The summed E-state index contributed by atoms with van der Waals surface area (Å²) in [6.45, 7) is 6.90. The number of hydrogen-bond donors (Lipinski definition) is 1. The molecule has 1 aromatic rings. The summed E-state index contributed by atoms with van der Waals surface area (Å²) in [5.41, 5.74) is 6.71. The minimum atomic E-state index is 0.0669. The van der Waals surface area contributed by atoms with Gasteiger partial charge in [-0.3, -0.25) is 9.69 Å². The zero-order valence-corrected chi connectivity index (χ0v) is 14.4. The molecule has 1 saturated heterocycles. The van der Waals surface area contributed by atoms with Gasteiger partial charge in [-0.25, -0.2) is 0 Å². The number of halogens is 1. The molecule has 1 aromatic carbocycles. The lowest BCUT2D eigenvalue weighted by Gasteiger charge is -2.31. The van der Waals surface area contributed by atoms with Crippen molar-refractivity contribution < 1.29 is 9.53 Å². The maximum absolute atomic E-state index is 12.5. The van der Waals surface area contributed by atoms with Gasteiger partial charge in [-0.05, 0) is 44.3 Å². The van der Waals surface area contributed by atoms with Crippen molar-refractivity contribution in [1.29, 1.82) is 0 Å². The Labute approximate surface area is 143 Å². The summed E-state index contributed by atoms with van der Waals surface area (Å²) in [5.74, 6) is 1.17. The minimum Gasteiger partial charge on any atom is -0.496 e. The van der Waals surface area contributed by atoms with E-state index in [4.69, 9.17) is 22.1 Å². The number of methoxy groups -OCH3 is 1. The normalized spacial score (nSPS) is 16.3. The topological polar surface area (TPSA) is 55.6 Å². The number of anilines is 1. The third kappa shape index (κ3) is 4.72. The largest absolute Gasteiger partial charge is 0.496 e. The number of nitrogens with zero attached hydrogens (tertiary/aromatic N) is 1. The molecule has 0 aromatic heterocycles. The summed E-state index contributed by atoms with van der Waals surface area (Å²) in [7, 11) is 1.54. The van der Waals surface area contributed by atoms with Gasteiger partial charge in [0, 0.05) is 19.0 Å². The van der Waals surface area contributed by atoms with Crippen molar-refractivity contribution in [2.45, 2.75) is 25.7 Å². The Bertz CT molecular complexity index is 566. The van der Waals surface area contributed by atoms with Crippen LogP contribution in [0.3, 0.4) is 0 Å². The van der Waals surface area contributed by atoms with Crippen LogP contribution < -0.4 is 10.5 Å². The Hall–Kier alpha value is -1.52. The van der Waals surface area contributed by atoms with E-state index in [1.807, 2.05) is 6.08 Å². The second kappa shape index (κ2) is 8.37. The van der Waals surface area contributed by atoms with E-state index < -0.39 is 0 Å². The highest BCUT2D eigenvalue weighted by Gasteiger charge is 2.21. The monoisotopic (exact) mass is 336 g/mol. The number of piperidine rings is 1. The molecule has 2 rings (SSSR count). The fraction of sp³-hybridized carbons (Fsp3) is 0.500. The first kappa shape index (κ1) is 17.8. The average molecular weight is 337 g/mol. The first-order valence-corrected chi connectivity index (χ1v) is 8.42. The molecule has 1 aliphatic heterocycles. The van der Waals surface area contributed by atoms with Gasteiger partial charge in [0.2, 0.25) is 0 Å². The summed E-state index contributed by atoms with van der Waals surface area (Å²) in [5, 5.41) is 0.395. The Balaban J connectivity index is 1.91.